The van der Waals surface area contributed by atoms with Crippen LogP contribution in [0.4, 0.5) is 0 Å². The number of hydrogen-bond acceptors (Lipinski definition) is 4. The van der Waals surface area contributed by atoms with E-state index in [9.17, 15) is 13.2 Å². The number of carbonyl (C=O) groups excluding carboxylic acids is 1. The number of rotatable bonds is 2. The topological polar surface area (TPSA) is 57.7 Å². The van der Waals surface area contributed by atoms with Crippen LogP contribution in [0.2, 0.25) is 0 Å². The quantitative estimate of drug-likeness (QED) is 0.766. The first-order valence-corrected chi connectivity index (χ1v) is 10.5. The molecule has 3 aliphatic rings. The molecule has 1 amide bonds. The molecular formula is C16H28N2O3S. The molecule has 1 saturated carbocycles. The summed E-state index contributed by atoms with van der Waals surface area (Å²) in [6, 6.07) is 0.730. The van der Waals surface area contributed by atoms with Crippen molar-refractivity contribution in [1.82, 2.24) is 9.80 Å². The molecule has 0 aromatic rings. The van der Waals surface area contributed by atoms with Gasteiger partial charge >= 0.3 is 0 Å². The molecule has 1 unspecified atom stereocenters. The molecule has 5 nitrogen and oxygen atoms in total. The van der Waals surface area contributed by atoms with Gasteiger partial charge in [0.15, 0.2) is 9.84 Å². The molecular weight excluding hydrogens is 300 g/mol. The van der Waals surface area contributed by atoms with E-state index in [2.05, 4.69) is 4.90 Å². The minimum atomic E-state index is -2.97. The highest BCUT2D eigenvalue weighted by Gasteiger charge is 2.40. The molecule has 6 heteroatoms. The van der Waals surface area contributed by atoms with Gasteiger partial charge in [0, 0.05) is 31.7 Å². The van der Waals surface area contributed by atoms with Gasteiger partial charge in [-0.25, -0.2) is 8.42 Å². The summed E-state index contributed by atoms with van der Waals surface area (Å²) in [6.07, 6.45) is 7.12. The van der Waals surface area contributed by atoms with E-state index in [0.29, 0.717) is 19.0 Å². The van der Waals surface area contributed by atoms with Crippen molar-refractivity contribution in [2.24, 2.45) is 5.92 Å². The van der Waals surface area contributed by atoms with Gasteiger partial charge in [-0.05, 0) is 26.2 Å². The lowest BCUT2D eigenvalue weighted by atomic mass is 9.88. The second kappa shape index (κ2) is 6.48. The Bertz CT molecular complexity index is 507. The predicted molar refractivity (Wildman–Crippen MR) is 86.4 cm³/mol. The number of nitrogens with zero attached hydrogens (tertiary/aromatic N) is 2. The lowest BCUT2D eigenvalue weighted by Gasteiger charge is -2.46. The summed E-state index contributed by atoms with van der Waals surface area (Å²) < 4.78 is 23.5. The average molecular weight is 328 g/mol. The van der Waals surface area contributed by atoms with Gasteiger partial charge in [-0.15, -0.1) is 0 Å². The smallest absolute Gasteiger partial charge is 0.228 e. The Morgan fingerprint density at radius 1 is 1.00 bits per heavy atom. The van der Waals surface area contributed by atoms with Gasteiger partial charge in [-0.2, -0.15) is 0 Å². The summed E-state index contributed by atoms with van der Waals surface area (Å²) in [5.74, 6) is 0.612. The first-order chi connectivity index (χ1) is 10.5. The van der Waals surface area contributed by atoms with Crippen molar-refractivity contribution < 1.29 is 13.2 Å². The lowest BCUT2D eigenvalue weighted by Crippen LogP contribution is -2.59. The van der Waals surface area contributed by atoms with Crippen molar-refractivity contribution in [3.63, 3.8) is 0 Å². The number of sulfone groups is 1. The Labute approximate surface area is 134 Å². The van der Waals surface area contributed by atoms with Gasteiger partial charge in [0.1, 0.15) is 0 Å². The molecule has 22 heavy (non-hydrogen) atoms. The first-order valence-electron chi connectivity index (χ1n) is 8.71. The SMILES string of the molecule is CC1CCS(=O)(=O)CCN1C(=O)C1CN(C2CCCCC2)C1. The Hall–Kier alpha value is -0.620. The molecule has 3 fully saturated rings. The van der Waals surface area contributed by atoms with Crippen molar-refractivity contribution >= 4 is 15.7 Å². The van der Waals surface area contributed by atoms with Gasteiger partial charge in [0.05, 0.1) is 17.4 Å². The lowest BCUT2D eigenvalue weighted by molar-refractivity contribution is -0.144. The monoisotopic (exact) mass is 328 g/mol. The average Bonchev–Trinajstić information content (AvgIpc) is 2.58. The van der Waals surface area contributed by atoms with Crippen LogP contribution in [0.3, 0.4) is 0 Å². The minimum Gasteiger partial charge on any atom is -0.339 e. The Kier molecular flexibility index (Phi) is 4.78. The summed E-state index contributed by atoms with van der Waals surface area (Å²) in [7, 11) is -2.97. The third-order valence-corrected chi connectivity index (χ3v) is 7.32. The number of carbonyl (C=O) groups is 1. The summed E-state index contributed by atoms with van der Waals surface area (Å²) in [6.45, 7) is 4.11. The maximum atomic E-state index is 12.7. The molecule has 0 radical (unpaired) electrons. The van der Waals surface area contributed by atoms with Crippen molar-refractivity contribution in [2.75, 3.05) is 31.1 Å². The first kappa shape index (κ1) is 16.2. The van der Waals surface area contributed by atoms with E-state index in [1.54, 1.807) is 0 Å². The molecule has 2 heterocycles. The fraction of sp³-hybridized carbons (Fsp3) is 0.938. The van der Waals surface area contributed by atoms with Crippen LogP contribution in [0.5, 0.6) is 0 Å². The number of likely N-dealkylation sites (tertiary alicyclic amines) is 1. The van der Waals surface area contributed by atoms with E-state index >= 15 is 0 Å². The second-order valence-corrected chi connectivity index (χ2v) is 9.57. The number of hydrogen-bond donors (Lipinski definition) is 0. The molecule has 1 atom stereocenters. The van der Waals surface area contributed by atoms with Crippen LogP contribution in [0.15, 0.2) is 0 Å². The van der Waals surface area contributed by atoms with E-state index in [0.717, 1.165) is 13.1 Å². The van der Waals surface area contributed by atoms with Crippen LogP contribution in [0, 0.1) is 5.92 Å². The normalized spacial score (nSPS) is 31.5. The molecule has 126 valence electrons. The molecule has 0 spiro atoms. The van der Waals surface area contributed by atoms with Crippen LogP contribution in [-0.2, 0) is 14.6 Å². The highest BCUT2D eigenvalue weighted by atomic mass is 32.2. The maximum absolute atomic E-state index is 12.7. The summed E-state index contributed by atoms with van der Waals surface area (Å²) in [5.41, 5.74) is 0. The fourth-order valence-electron chi connectivity index (χ4n) is 4.04. The summed E-state index contributed by atoms with van der Waals surface area (Å²) in [5, 5.41) is 0. The van der Waals surface area contributed by atoms with Crippen LogP contribution in [-0.4, -0.2) is 67.3 Å². The Balaban J connectivity index is 1.54. The van der Waals surface area contributed by atoms with Crippen LogP contribution in [0.25, 0.3) is 0 Å². The zero-order valence-electron chi connectivity index (χ0n) is 13.5. The van der Waals surface area contributed by atoms with Crippen molar-refractivity contribution in [1.29, 1.82) is 0 Å². The minimum absolute atomic E-state index is 0.0495. The van der Waals surface area contributed by atoms with Crippen LogP contribution < -0.4 is 0 Å². The van der Waals surface area contributed by atoms with E-state index in [1.807, 2.05) is 11.8 Å². The largest absolute Gasteiger partial charge is 0.339 e. The molecule has 0 N–H and O–H groups in total. The van der Waals surface area contributed by atoms with Crippen molar-refractivity contribution in [2.45, 2.75) is 57.5 Å². The highest BCUT2D eigenvalue weighted by molar-refractivity contribution is 7.91. The van der Waals surface area contributed by atoms with Gasteiger partial charge < -0.3 is 4.90 Å². The fourth-order valence-corrected chi connectivity index (χ4v) is 5.42. The van der Waals surface area contributed by atoms with Gasteiger partial charge in [-0.3, -0.25) is 9.69 Å². The summed E-state index contributed by atoms with van der Waals surface area (Å²) >= 11 is 0. The number of amides is 1. The summed E-state index contributed by atoms with van der Waals surface area (Å²) in [4.78, 5) is 17.0. The molecule has 0 aromatic carbocycles. The molecule has 3 rings (SSSR count). The predicted octanol–water partition coefficient (Wildman–Crippen LogP) is 1.29. The molecule has 2 saturated heterocycles. The third kappa shape index (κ3) is 3.48. The molecule has 1 aliphatic carbocycles. The molecule has 0 aromatic heterocycles. The second-order valence-electron chi connectivity index (χ2n) is 7.26. The van der Waals surface area contributed by atoms with Gasteiger partial charge in [-0.1, -0.05) is 19.3 Å². The van der Waals surface area contributed by atoms with Crippen LogP contribution >= 0.6 is 0 Å². The standard InChI is InChI=1S/C16H28N2O3S/c1-13-7-9-22(20,21)10-8-18(13)16(19)14-11-17(12-14)15-5-3-2-4-6-15/h13-15H,2-12H2,1H3. The van der Waals surface area contributed by atoms with Crippen molar-refractivity contribution in [3.8, 4) is 0 Å². The zero-order valence-corrected chi connectivity index (χ0v) is 14.4. The van der Waals surface area contributed by atoms with E-state index in [4.69, 9.17) is 0 Å². The van der Waals surface area contributed by atoms with E-state index < -0.39 is 9.84 Å². The molecule has 2 aliphatic heterocycles. The Morgan fingerprint density at radius 3 is 2.36 bits per heavy atom. The van der Waals surface area contributed by atoms with Crippen molar-refractivity contribution in [3.05, 3.63) is 0 Å². The van der Waals surface area contributed by atoms with Gasteiger partial charge in [0.2, 0.25) is 5.91 Å². The molecule has 0 bridgehead atoms. The third-order valence-electron chi connectivity index (χ3n) is 5.66. The van der Waals surface area contributed by atoms with E-state index in [1.165, 1.54) is 32.1 Å². The van der Waals surface area contributed by atoms with E-state index in [-0.39, 0.29) is 29.4 Å². The highest BCUT2D eigenvalue weighted by Crippen LogP contribution is 2.30. The maximum Gasteiger partial charge on any atom is 0.228 e. The zero-order chi connectivity index (χ0) is 15.7. The van der Waals surface area contributed by atoms with Crippen LogP contribution in [0.1, 0.15) is 45.4 Å². The Morgan fingerprint density at radius 2 is 1.68 bits per heavy atom. The van der Waals surface area contributed by atoms with Gasteiger partial charge in [0.25, 0.3) is 0 Å².